The van der Waals surface area contributed by atoms with Gasteiger partial charge in [-0.1, -0.05) is 11.6 Å². The maximum Gasteiger partial charge on any atom is 0.252 e. The van der Waals surface area contributed by atoms with E-state index in [-0.39, 0.29) is 16.7 Å². The first-order valence-corrected chi connectivity index (χ1v) is 10.4. The van der Waals surface area contributed by atoms with Crippen LogP contribution in [0.2, 0.25) is 4.34 Å². The molecule has 3 rings (SSSR count). The topological polar surface area (TPSA) is 82.9 Å². The number of nitrogens with zero attached hydrogens (tertiary/aromatic N) is 2. The van der Waals surface area contributed by atoms with Gasteiger partial charge >= 0.3 is 0 Å². The van der Waals surface area contributed by atoms with Gasteiger partial charge in [-0.15, -0.1) is 11.3 Å². The first kappa shape index (κ1) is 18.4. The van der Waals surface area contributed by atoms with Crippen molar-refractivity contribution in [2.45, 2.75) is 10.8 Å². The number of hydrogen-bond donors (Lipinski definition) is 1. The third-order valence-corrected chi connectivity index (χ3v) is 7.48. The largest absolute Gasteiger partial charge is 0.467 e. The number of halogens is 1. The highest BCUT2D eigenvalue weighted by molar-refractivity contribution is 7.91. The molecule has 0 bridgehead atoms. The minimum absolute atomic E-state index is 0.113. The Balaban J connectivity index is 1.47. The van der Waals surface area contributed by atoms with Crippen molar-refractivity contribution >= 4 is 38.9 Å². The van der Waals surface area contributed by atoms with Gasteiger partial charge in [-0.25, -0.2) is 8.42 Å². The number of piperazine rings is 1. The van der Waals surface area contributed by atoms with Crippen LogP contribution in [0.1, 0.15) is 5.76 Å². The van der Waals surface area contributed by atoms with E-state index in [1.165, 1.54) is 10.4 Å². The van der Waals surface area contributed by atoms with Crippen LogP contribution in [-0.4, -0.2) is 56.3 Å². The maximum absolute atomic E-state index is 12.5. The molecule has 1 fully saturated rings. The lowest BCUT2D eigenvalue weighted by Gasteiger charge is -2.33. The molecule has 3 heterocycles. The van der Waals surface area contributed by atoms with Gasteiger partial charge in [0.25, 0.3) is 10.0 Å². The van der Waals surface area contributed by atoms with Crippen molar-refractivity contribution in [1.82, 2.24) is 14.5 Å². The molecule has 1 N–H and O–H groups in total. The molecular weight excluding hydrogens is 386 g/mol. The van der Waals surface area contributed by atoms with Gasteiger partial charge in [-0.05, 0) is 24.3 Å². The number of thiophene rings is 1. The first-order chi connectivity index (χ1) is 11.9. The third-order valence-electron chi connectivity index (χ3n) is 3.88. The van der Waals surface area contributed by atoms with Gasteiger partial charge < -0.3 is 9.73 Å². The summed E-state index contributed by atoms with van der Waals surface area (Å²) in [7, 11) is -3.51. The summed E-state index contributed by atoms with van der Waals surface area (Å²) in [5.74, 6) is 0.580. The Morgan fingerprint density at radius 3 is 2.60 bits per heavy atom. The van der Waals surface area contributed by atoms with Crippen molar-refractivity contribution in [2.24, 2.45) is 0 Å². The van der Waals surface area contributed by atoms with Gasteiger partial charge in [0, 0.05) is 26.2 Å². The highest BCUT2D eigenvalue weighted by atomic mass is 35.5. The lowest BCUT2D eigenvalue weighted by atomic mass is 10.3. The summed E-state index contributed by atoms with van der Waals surface area (Å²) in [5, 5.41) is 2.78. The number of nitrogens with one attached hydrogen (secondary N) is 1. The van der Waals surface area contributed by atoms with Crippen LogP contribution < -0.4 is 5.32 Å². The normalized spacial score (nSPS) is 16.8. The van der Waals surface area contributed by atoms with E-state index in [2.05, 4.69) is 5.32 Å². The van der Waals surface area contributed by atoms with Gasteiger partial charge in [0.15, 0.2) is 0 Å². The van der Waals surface area contributed by atoms with E-state index in [1.54, 1.807) is 24.5 Å². The van der Waals surface area contributed by atoms with E-state index in [0.29, 0.717) is 42.8 Å². The van der Waals surface area contributed by atoms with Crippen LogP contribution in [0.15, 0.2) is 39.2 Å². The highest BCUT2D eigenvalue weighted by Gasteiger charge is 2.30. The van der Waals surface area contributed by atoms with Crippen LogP contribution >= 0.6 is 22.9 Å². The molecule has 1 aliphatic rings. The fourth-order valence-electron chi connectivity index (χ4n) is 2.55. The second-order valence-corrected chi connectivity index (χ2v) is 9.47. The molecule has 1 amide bonds. The molecular formula is C15H18ClN3O4S2. The highest BCUT2D eigenvalue weighted by Crippen LogP contribution is 2.28. The Morgan fingerprint density at radius 1 is 1.24 bits per heavy atom. The van der Waals surface area contributed by atoms with Crippen LogP contribution in [0.3, 0.4) is 0 Å². The average Bonchev–Trinajstić information content (AvgIpc) is 3.25. The summed E-state index contributed by atoms with van der Waals surface area (Å²) in [4.78, 5) is 13.9. The van der Waals surface area contributed by atoms with Crippen LogP contribution in [0.4, 0.5) is 0 Å². The quantitative estimate of drug-likeness (QED) is 0.792. The number of furan rings is 1. The van der Waals surface area contributed by atoms with Gasteiger partial charge in [-0.2, -0.15) is 4.31 Å². The Hall–Kier alpha value is -1.39. The summed E-state index contributed by atoms with van der Waals surface area (Å²) >= 11 is 6.88. The molecule has 136 valence electrons. The van der Waals surface area contributed by atoms with Gasteiger partial charge in [0.05, 0.1) is 23.7 Å². The van der Waals surface area contributed by atoms with Crippen LogP contribution in [0.5, 0.6) is 0 Å². The monoisotopic (exact) mass is 403 g/mol. The fraction of sp³-hybridized carbons (Fsp3) is 0.400. The van der Waals surface area contributed by atoms with E-state index in [9.17, 15) is 13.2 Å². The zero-order valence-corrected chi connectivity index (χ0v) is 15.7. The molecule has 1 aliphatic heterocycles. The molecule has 25 heavy (non-hydrogen) atoms. The Labute approximate surface area is 155 Å². The van der Waals surface area contributed by atoms with Crippen molar-refractivity contribution in [3.8, 4) is 0 Å². The molecule has 10 heteroatoms. The van der Waals surface area contributed by atoms with Crippen LogP contribution in [0, 0.1) is 0 Å². The van der Waals surface area contributed by atoms with Crippen molar-refractivity contribution in [3.63, 3.8) is 0 Å². The zero-order chi connectivity index (χ0) is 17.9. The molecule has 2 aromatic heterocycles. The molecule has 7 nitrogen and oxygen atoms in total. The van der Waals surface area contributed by atoms with Crippen molar-refractivity contribution in [3.05, 3.63) is 40.6 Å². The minimum atomic E-state index is -3.51. The molecule has 0 atom stereocenters. The Kier molecular flexibility index (Phi) is 5.80. The fourth-order valence-corrected chi connectivity index (χ4v) is 5.61. The van der Waals surface area contributed by atoms with Gasteiger partial charge in [-0.3, -0.25) is 9.69 Å². The number of rotatable bonds is 6. The summed E-state index contributed by atoms with van der Waals surface area (Å²) in [6.45, 7) is 2.30. The van der Waals surface area contributed by atoms with E-state index >= 15 is 0 Å². The number of carbonyl (C=O) groups excluding carboxylic acids is 1. The Morgan fingerprint density at radius 2 is 2.00 bits per heavy atom. The second kappa shape index (κ2) is 7.88. The van der Waals surface area contributed by atoms with E-state index in [1.807, 2.05) is 4.90 Å². The standard InChI is InChI=1S/C15H18ClN3O4S2/c16-13-3-4-15(24-13)25(21,22)19-7-5-18(6-8-19)11-14(20)17-10-12-2-1-9-23-12/h1-4,9H,5-8,10-11H2,(H,17,20). The van der Waals surface area contributed by atoms with Crippen molar-refractivity contribution in [2.75, 3.05) is 32.7 Å². The molecule has 0 unspecified atom stereocenters. The third kappa shape index (κ3) is 4.62. The first-order valence-electron chi connectivity index (χ1n) is 7.72. The molecule has 0 radical (unpaired) electrons. The molecule has 0 aliphatic carbocycles. The number of sulfonamides is 1. The molecule has 2 aromatic rings. The predicted octanol–water partition coefficient (Wildman–Crippen LogP) is 1.62. The average molecular weight is 404 g/mol. The summed E-state index contributed by atoms with van der Waals surface area (Å²) in [6.07, 6.45) is 1.56. The second-order valence-electron chi connectivity index (χ2n) is 5.59. The molecule has 1 saturated heterocycles. The number of amides is 1. The predicted molar refractivity (Wildman–Crippen MR) is 95.1 cm³/mol. The molecule has 0 aromatic carbocycles. The SMILES string of the molecule is O=C(CN1CCN(S(=O)(=O)c2ccc(Cl)s2)CC1)NCc1ccco1. The molecule has 0 saturated carbocycles. The number of carbonyl (C=O) groups is 1. The van der Waals surface area contributed by atoms with E-state index in [4.69, 9.17) is 16.0 Å². The number of hydrogen-bond acceptors (Lipinski definition) is 6. The summed E-state index contributed by atoms with van der Waals surface area (Å²) in [6, 6.07) is 6.66. The van der Waals surface area contributed by atoms with Gasteiger partial charge in [0.2, 0.25) is 5.91 Å². The lowest BCUT2D eigenvalue weighted by molar-refractivity contribution is -0.122. The maximum atomic E-state index is 12.5. The van der Waals surface area contributed by atoms with Crippen molar-refractivity contribution in [1.29, 1.82) is 0 Å². The smallest absolute Gasteiger partial charge is 0.252 e. The Bertz CT molecular complexity index is 812. The zero-order valence-electron chi connectivity index (χ0n) is 13.4. The minimum Gasteiger partial charge on any atom is -0.467 e. The lowest BCUT2D eigenvalue weighted by Crippen LogP contribution is -2.50. The molecule has 0 spiro atoms. The van der Waals surface area contributed by atoms with Crippen LogP contribution in [-0.2, 0) is 21.4 Å². The van der Waals surface area contributed by atoms with E-state index < -0.39 is 10.0 Å². The summed E-state index contributed by atoms with van der Waals surface area (Å²) in [5.41, 5.74) is 0. The van der Waals surface area contributed by atoms with Crippen LogP contribution in [0.25, 0.3) is 0 Å². The van der Waals surface area contributed by atoms with Gasteiger partial charge in [0.1, 0.15) is 9.97 Å². The van der Waals surface area contributed by atoms with E-state index in [0.717, 1.165) is 11.3 Å². The van der Waals surface area contributed by atoms with Crippen molar-refractivity contribution < 1.29 is 17.6 Å². The summed E-state index contributed by atoms with van der Waals surface area (Å²) < 4.78 is 32.4.